The van der Waals surface area contributed by atoms with Crippen LogP contribution < -0.4 is 0 Å². The van der Waals surface area contributed by atoms with Gasteiger partial charge in [-0.15, -0.1) is 12.6 Å². The molecule has 0 heterocycles. The number of halogens is 3. The molecule has 0 N–H and O–H groups in total. The zero-order chi connectivity index (χ0) is 8.36. The summed E-state index contributed by atoms with van der Waals surface area (Å²) < 4.78 is 34.1. The van der Waals surface area contributed by atoms with Gasteiger partial charge in [-0.1, -0.05) is 0 Å². The Hall–Kier alpha value is -0.450. The Labute approximate surface area is 61.3 Å². The van der Waals surface area contributed by atoms with E-state index in [2.05, 4.69) is 12.6 Å². The highest BCUT2D eigenvalue weighted by Gasteiger charge is 2.36. The van der Waals surface area contributed by atoms with Gasteiger partial charge in [-0.3, -0.25) is 4.79 Å². The monoisotopic (exact) mass is 170 g/mol. The number of hydrogen-bond acceptors (Lipinski definition) is 2. The van der Waals surface area contributed by atoms with Gasteiger partial charge < -0.3 is 0 Å². The Morgan fingerprint density at radius 3 is 2.00 bits per heavy atom. The van der Waals surface area contributed by atoms with E-state index in [1.807, 2.05) is 0 Å². The predicted molar refractivity (Wildman–Crippen MR) is 33.8 cm³/mol. The molecule has 0 aromatic carbocycles. The first-order valence-corrected chi connectivity index (χ1v) is 2.77. The van der Waals surface area contributed by atoms with E-state index in [1.54, 1.807) is 0 Å². The molecule has 0 amide bonds. The molecule has 0 spiro atoms. The van der Waals surface area contributed by atoms with Crippen molar-refractivity contribution in [2.75, 3.05) is 0 Å². The molecule has 10 heavy (non-hydrogen) atoms. The second-order valence-electron chi connectivity index (χ2n) is 1.65. The summed E-state index contributed by atoms with van der Waals surface area (Å²) in [6, 6.07) is 0. The second-order valence-corrected chi connectivity index (χ2v) is 2.35. The van der Waals surface area contributed by atoms with E-state index >= 15 is 0 Å². The fourth-order valence-corrected chi connectivity index (χ4v) is 0.389. The van der Waals surface area contributed by atoms with Gasteiger partial charge in [0.25, 0.3) is 5.78 Å². The molecule has 58 valence electrons. The van der Waals surface area contributed by atoms with Gasteiger partial charge in [0, 0.05) is 0 Å². The number of alkyl halides is 3. The Morgan fingerprint density at radius 1 is 1.50 bits per heavy atom. The molecular weight excluding hydrogens is 165 g/mol. The first-order chi connectivity index (χ1) is 4.34. The Kier molecular flexibility index (Phi) is 2.96. The molecule has 0 aliphatic carbocycles. The van der Waals surface area contributed by atoms with E-state index in [9.17, 15) is 18.0 Å². The summed E-state index contributed by atoms with van der Waals surface area (Å²) in [6.45, 7) is 1.30. The zero-order valence-corrected chi connectivity index (χ0v) is 5.96. The van der Waals surface area contributed by atoms with Crippen molar-refractivity contribution in [2.45, 2.75) is 13.1 Å². The molecular formula is C5H5F3OS. The molecule has 0 bridgehead atoms. The highest BCUT2D eigenvalue weighted by molar-refractivity contribution is 7.84. The van der Waals surface area contributed by atoms with Crippen LogP contribution in [0.5, 0.6) is 0 Å². The average Bonchev–Trinajstić information content (AvgIpc) is 1.60. The van der Waals surface area contributed by atoms with Crippen LogP contribution in [0.15, 0.2) is 11.0 Å². The molecule has 0 fully saturated rings. The SMILES string of the molecule is CC(S)=CC(=O)C(F)(F)F. The van der Waals surface area contributed by atoms with Gasteiger partial charge in [-0.2, -0.15) is 13.2 Å². The highest BCUT2D eigenvalue weighted by atomic mass is 32.1. The lowest BCUT2D eigenvalue weighted by atomic mass is 10.3. The lowest BCUT2D eigenvalue weighted by Gasteiger charge is -1.99. The molecule has 0 aromatic rings. The largest absolute Gasteiger partial charge is 0.454 e. The third-order valence-corrected chi connectivity index (χ3v) is 0.748. The zero-order valence-electron chi connectivity index (χ0n) is 5.07. The normalized spacial score (nSPS) is 13.5. The van der Waals surface area contributed by atoms with Crippen LogP contribution in [0.4, 0.5) is 13.2 Å². The maximum Gasteiger partial charge on any atom is 0.454 e. The summed E-state index contributed by atoms with van der Waals surface area (Å²) >= 11 is 3.51. The van der Waals surface area contributed by atoms with Crippen LogP contribution in [0.1, 0.15) is 6.92 Å². The van der Waals surface area contributed by atoms with Crippen molar-refractivity contribution in [1.82, 2.24) is 0 Å². The van der Waals surface area contributed by atoms with Crippen LogP contribution in [-0.4, -0.2) is 12.0 Å². The van der Waals surface area contributed by atoms with Gasteiger partial charge in [0.1, 0.15) is 0 Å². The van der Waals surface area contributed by atoms with Crippen LogP contribution in [0, 0.1) is 0 Å². The minimum Gasteiger partial charge on any atom is -0.285 e. The van der Waals surface area contributed by atoms with Gasteiger partial charge in [-0.25, -0.2) is 0 Å². The first-order valence-electron chi connectivity index (χ1n) is 2.32. The topological polar surface area (TPSA) is 17.1 Å². The van der Waals surface area contributed by atoms with E-state index in [4.69, 9.17) is 0 Å². The van der Waals surface area contributed by atoms with Crippen molar-refractivity contribution >= 4 is 18.4 Å². The van der Waals surface area contributed by atoms with Crippen molar-refractivity contribution in [3.8, 4) is 0 Å². The quantitative estimate of drug-likeness (QED) is 0.470. The lowest BCUT2D eigenvalue weighted by molar-refractivity contribution is -0.165. The maximum atomic E-state index is 11.4. The molecule has 0 aliphatic heterocycles. The van der Waals surface area contributed by atoms with Crippen LogP contribution >= 0.6 is 12.6 Å². The summed E-state index contributed by atoms with van der Waals surface area (Å²) in [5, 5.41) is 0. The van der Waals surface area contributed by atoms with Crippen LogP contribution in [0.3, 0.4) is 0 Å². The molecule has 0 atom stereocenters. The predicted octanol–water partition coefficient (Wildman–Crippen LogP) is 1.95. The molecule has 0 unspecified atom stereocenters. The molecule has 0 aliphatic rings. The van der Waals surface area contributed by atoms with Gasteiger partial charge >= 0.3 is 6.18 Å². The number of carbonyl (C=O) groups is 1. The first kappa shape index (κ1) is 9.55. The molecule has 0 saturated heterocycles. The van der Waals surface area contributed by atoms with E-state index < -0.39 is 12.0 Å². The summed E-state index contributed by atoms with van der Waals surface area (Å²) in [6.07, 6.45) is -4.34. The third kappa shape index (κ3) is 3.55. The van der Waals surface area contributed by atoms with E-state index in [1.165, 1.54) is 6.92 Å². The molecule has 0 rings (SSSR count). The number of carbonyl (C=O) groups excluding carboxylic acids is 1. The minimum absolute atomic E-state index is 0.0438. The van der Waals surface area contributed by atoms with Gasteiger partial charge in [0.05, 0.1) is 0 Å². The van der Waals surface area contributed by atoms with Gasteiger partial charge in [-0.05, 0) is 17.9 Å². The van der Waals surface area contributed by atoms with Crippen molar-refractivity contribution in [3.63, 3.8) is 0 Å². The number of ketones is 1. The van der Waals surface area contributed by atoms with Crippen molar-refractivity contribution in [3.05, 3.63) is 11.0 Å². The Morgan fingerprint density at radius 2 is 1.90 bits per heavy atom. The van der Waals surface area contributed by atoms with Gasteiger partial charge in [0.15, 0.2) is 0 Å². The number of allylic oxidation sites excluding steroid dienone is 2. The fourth-order valence-electron chi connectivity index (χ4n) is 0.272. The fraction of sp³-hybridized carbons (Fsp3) is 0.400. The molecule has 1 nitrogen and oxygen atoms in total. The van der Waals surface area contributed by atoms with Crippen molar-refractivity contribution in [1.29, 1.82) is 0 Å². The number of hydrogen-bond donors (Lipinski definition) is 1. The molecule has 5 heteroatoms. The van der Waals surface area contributed by atoms with Crippen molar-refractivity contribution < 1.29 is 18.0 Å². The van der Waals surface area contributed by atoms with Crippen LogP contribution in [-0.2, 0) is 4.79 Å². The van der Waals surface area contributed by atoms with E-state index in [-0.39, 0.29) is 4.91 Å². The Bertz CT molecular complexity index is 166. The summed E-state index contributed by atoms with van der Waals surface area (Å²) in [4.78, 5) is 10.1. The average molecular weight is 170 g/mol. The summed E-state index contributed by atoms with van der Waals surface area (Å²) in [7, 11) is 0. The van der Waals surface area contributed by atoms with Crippen molar-refractivity contribution in [2.24, 2.45) is 0 Å². The molecule has 0 saturated carbocycles. The standard InChI is InChI=1S/C5H5F3OS/c1-3(10)2-4(9)5(6,7)8/h2,10H,1H3. The number of rotatable bonds is 1. The lowest BCUT2D eigenvalue weighted by Crippen LogP contribution is -2.20. The summed E-state index contributed by atoms with van der Waals surface area (Å²) in [5.41, 5.74) is 0. The smallest absolute Gasteiger partial charge is 0.285 e. The third-order valence-electron chi connectivity index (χ3n) is 0.619. The van der Waals surface area contributed by atoms with E-state index in [0.717, 1.165) is 0 Å². The highest BCUT2D eigenvalue weighted by Crippen LogP contribution is 2.17. The maximum absolute atomic E-state index is 11.4. The van der Waals surface area contributed by atoms with Crippen LogP contribution in [0.25, 0.3) is 0 Å². The van der Waals surface area contributed by atoms with Gasteiger partial charge in [0.2, 0.25) is 0 Å². The van der Waals surface area contributed by atoms with Crippen LogP contribution in [0.2, 0.25) is 0 Å². The second kappa shape index (κ2) is 3.09. The van der Waals surface area contributed by atoms with E-state index in [0.29, 0.717) is 6.08 Å². The Balaban J connectivity index is 4.27. The summed E-state index contributed by atoms with van der Waals surface area (Å²) in [5.74, 6) is -1.87. The molecule has 0 aromatic heterocycles. The minimum atomic E-state index is -4.77. The number of thiol groups is 1. The molecule has 0 radical (unpaired) electrons.